The molecule has 0 aromatic rings. The molecule has 0 heterocycles. The lowest BCUT2D eigenvalue weighted by Gasteiger charge is -2.18. The van der Waals surface area contributed by atoms with Crippen LogP contribution in [0.25, 0.3) is 0 Å². The fourth-order valence-corrected chi connectivity index (χ4v) is 3.16. The number of unbranched alkanes of at least 4 members (excludes halogenated alkanes) is 4. The van der Waals surface area contributed by atoms with Crippen LogP contribution in [0.4, 0.5) is 0 Å². The Kier molecular flexibility index (Phi) is 9.10. The summed E-state index contributed by atoms with van der Waals surface area (Å²) in [4.78, 5) is 22.4. The van der Waals surface area contributed by atoms with Crippen molar-refractivity contribution in [2.75, 3.05) is 0 Å². The van der Waals surface area contributed by atoms with E-state index in [1.54, 1.807) is 12.2 Å². The SMILES string of the molecule is CC[C@@H](O)/C=C/[C@@H]1C(=O)C[C@@H](O)[C@@H]1CCCCCCCC(=O)O. The Morgan fingerprint density at radius 3 is 2.57 bits per heavy atom. The lowest BCUT2D eigenvalue weighted by atomic mass is 9.88. The molecule has 0 aliphatic heterocycles. The van der Waals surface area contributed by atoms with E-state index in [1.165, 1.54) is 0 Å². The van der Waals surface area contributed by atoms with Gasteiger partial charge >= 0.3 is 5.97 Å². The molecule has 3 N–H and O–H groups in total. The lowest BCUT2D eigenvalue weighted by molar-refractivity contribution is -0.137. The van der Waals surface area contributed by atoms with Gasteiger partial charge in [-0.25, -0.2) is 0 Å². The molecule has 23 heavy (non-hydrogen) atoms. The summed E-state index contributed by atoms with van der Waals surface area (Å²) in [6, 6.07) is 0. The van der Waals surface area contributed by atoms with Crippen molar-refractivity contribution in [3.05, 3.63) is 12.2 Å². The third-order valence-electron chi connectivity index (χ3n) is 4.62. The number of carbonyl (C=O) groups is 2. The first-order valence-corrected chi connectivity index (χ1v) is 8.74. The minimum absolute atomic E-state index is 0.0539. The predicted molar refractivity (Wildman–Crippen MR) is 88.0 cm³/mol. The highest BCUT2D eigenvalue weighted by atomic mass is 16.4. The average Bonchev–Trinajstić information content (AvgIpc) is 2.77. The van der Waals surface area contributed by atoms with Crippen LogP contribution in [0, 0.1) is 11.8 Å². The second-order valence-electron chi connectivity index (χ2n) is 6.49. The third-order valence-corrected chi connectivity index (χ3v) is 4.62. The van der Waals surface area contributed by atoms with Gasteiger partial charge in [0.2, 0.25) is 0 Å². The zero-order valence-corrected chi connectivity index (χ0v) is 14.0. The van der Waals surface area contributed by atoms with Crippen LogP contribution in [-0.2, 0) is 9.59 Å². The molecular weight excluding hydrogens is 296 g/mol. The van der Waals surface area contributed by atoms with E-state index in [0.29, 0.717) is 12.8 Å². The zero-order chi connectivity index (χ0) is 17.2. The molecule has 0 amide bonds. The van der Waals surface area contributed by atoms with E-state index in [9.17, 15) is 19.8 Å². The van der Waals surface area contributed by atoms with Crippen LogP contribution >= 0.6 is 0 Å². The summed E-state index contributed by atoms with van der Waals surface area (Å²) in [7, 11) is 0. The quantitative estimate of drug-likeness (QED) is 0.401. The largest absolute Gasteiger partial charge is 0.481 e. The van der Waals surface area contributed by atoms with Crippen LogP contribution in [0.2, 0.25) is 0 Å². The number of allylic oxidation sites excluding steroid dienone is 1. The fraction of sp³-hybridized carbons (Fsp3) is 0.778. The van der Waals surface area contributed by atoms with Gasteiger partial charge in [0.1, 0.15) is 5.78 Å². The summed E-state index contributed by atoms with van der Waals surface area (Å²) < 4.78 is 0. The molecule has 1 rings (SSSR count). The molecule has 1 saturated carbocycles. The zero-order valence-electron chi connectivity index (χ0n) is 14.0. The minimum atomic E-state index is -0.749. The van der Waals surface area contributed by atoms with Gasteiger partial charge in [-0.1, -0.05) is 44.8 Å². The summed E-state index contributed by atoms with van der Waals surface area (Å²) in [6.45, 7) is 1.88. The van der Waals surface area contributed by atoms with Crippen LogP contribution in [0.3, 0.4) is 0 Å². The molecule has 0 unspecified atom stereocenters. The molecule has 1 aliphatic carbocycles. The number of hydrogen-bond acceptors (Lipinski definition) is 4. The van der Waals surface area contributed by atoms with Gasteiger partial charge in [0, 0.05) is 18.8 Å². The van der Waals surface area contributed by atoms with E-state index in [2.05, 4.69) is 0 Å². The summed E-state index contributed by atoms with van der Waals surface area (Å²) in [5, 5.41) is 28.2. The molecule has 0 saturated heterocycles. The van der Waals surface area contributed by atoms with Crippen molar-refractivity contribution < 1.29 is 24.9 Å². The van der Waals surface area contributed by atoms with Gasteiger partial charge < -0.3 is 15.3 Å². The number of carboxylic acids is 1. The molecule has 5 nitrogen and oxygen atoms in total. The van der Waals surface area contributed by atoms with Crippen molar-refractivity contribution in [2.24, 2.45) is 11.8 Å². The first-order chi connectivity index (χ1) is 11.0. The van der Waals surface area contributed by atoms with Crippen LogP contribution in [0.1, 0.15) is 64.7 Å². The maximum Gasteiger partial charge on any atom is 0.303 e. The molecule has 5 heteroatoms. The first kappa shape index (κ1) is 19.8. The first-order valence-electron chi connectivity index (χ1n) is 8.74. The Labute approximate surface area is 138 Å². The molecule has 132 valence electrons. The summed E-state index contributed by atoms with van der Waals surface area (Å²) in [6.07, 6.45) is 8.69. The maximum atomic E-state index is 12.0. The van der Waals surface area contributed by atoms with Crippen LogP contribution in [0.5, 0.6) is 0 Å². The van der Waals surface area contributed by atoms with Crippen molar-refractivity contribution in [2.45, 2.75) is 76.9 Å². The normalized spacial score (nSPS) is 26.0. The number of carbonyl (C=O) groups excluding carboxylic acids is 1. The molecule has 0 spiro atoms. The molecule has 4 atom stereocenters. The monoisotopic (exact) mass is 326 g/mol. The van der Waals surface area contributed by atoms with E-state index in [4.69, 9.17) is 5.11 Å². The standard InChI is InChI=1S/C18H30O5/c1-2-13(19)10-11-15-14(16(20)12-17(15)21)8-6-4-3-5-7-9-18(22)23/h10-11,13-16,19-20H,2-9,12H2,1H3,(H,22,23)/b11-10+/t13-,14-,15+,16-/m1/s1. The van der Waals surface area contributed by atoms with Crippen molar-refractivity contribution in [1.29, 1.82) is 0 Å². The van der Waals surface area contributed by atoms with Crippen molar-refractivity contribution in [3.8, 4) is 0 Å². The lowest BCUT2D eigenvalue weighted by Crippen LogP contribution is -2.19. The summed E-state index contributed by atoms with van der Waals surface area (Å²) in [5.74, 6) is -1.02. The van der Waals surface area contributed by atoms with Gasteiger partial charge in [0.15, 0.2) is 0 Å². The van der Waals surface area contributed by atoms with Crippen LogP contribution in [0.15, 0.2) is 12.2 Å². The van der Waals surface area contributed by atoms with E-state index in [1.807, 2.05) is 6.92 Å². The number of carboxylic acid groups (broad SMARTS) is 1. The number of aliphatic hydroxyl groups excluding tert-OH is 2. The Balaban J connectivity index is 2.33. The van der Waals surface area contributed by atoms with Gasteiger partial charge in [-0.2, -0.15) is 0 Å². The predicted octanol–water partition coefficient (Wildman–Crippen LogP) is 2.69. The molecule has 0 aromatic carbocycles. The number of rotatable bonds is 11. The van der Waals surface area contributed by atoms with Gasteiger partial charge in [-0.05, 0) is 25.2 Å². The Hall–Kier alpha value is -1.20. The van der Waals surface area contributed by atoms with Crippen LogP contribution < -0.4 is 0 Å². The van der Waals surface area contributed by atoms with E-state index < -0.39 is 18.2 Å². The fourth-order valence-electron chi connectivity index (χ4n) is 3.16. The number of aliphatic hydroxyl groups is 2. The van der Waals surface area contributed by atoms with E-state index >= 15 is 0 Å². The Morgan fingerprint density at radius 1 is 1.26 bits per heavy atom. The van der Waals surface area contributed by atoms with Crippen LogP contribution in [-0.4, -0.2) is 39.3 Å². The molecular formula is C18H30O5. The number of aliphatic carboxylic acids is 1. The second kappa shape index (κ2) is 10.6. The average molecular weight is 326 g/mol. The smallest absolute Gasteiger partial charge is 0.303 e. The minimum Gasteiger partial charge on any atom is -0.481 e. The van der Waals surface area contributed by atoms with E-state index in [-0.39, 0.29) is 30.5 Å². The number of Topliss-reactive ketones (excluding diaryl/α,β-unsaturated/α-hetero) is 1. The third kappa shape index (κ3) is 7.27. The summed E-state index contributed by atoms with van der Waals surface area (Å²) >= 11 is 0. The van der Waals surface area contributed by atoms with E-state index in [0.717, 1.165) is 32.1 Å². The molecule has 1 fully saturated rings. The maximum absolute atomic E-state index is 12.0. The number of hydrogen-bond donors (Lipinski definition) is 3. The van der Waals surface area contributed by atoms with Crippen molar-refractivity contribution in [1.82, 2.24) is 0 Å². The second-order valence-corrected chi connectivity index (χ2v) is 6.49. The molecule has 0 radical (unpaired) electrons. The molecule has 0 bridgehead atoms. The Bertz CT molecular complexity index is 404. The topological polar surface area (TPSA) is 94.8 Å². The molecule has 0 aromatic heterocycles. The van der Waals surface area contributed by atoms with Gasteiger partial charge in [0.25, 0.3) is 0 Å². The summed E-state index contributed by atoms with van der Waals surface area (Å²) in [5.41, 5.74) is 0. The Morgan fingerprint density at radius 2 is 1.91 bits per heavy atom. The van der Waals surface area contributed by atoms with Crippen molar-refractivity contribution in [3.63, 3.8) is 0 Å². The van der Waals surface area contributed by atoms with Gasteiger partial charge in [-0.15, -0.1) is 0 Å². The molecule has 1 aliphatic rings. The van der Waals surface area contributed by atoms with Crippen molar-refractivity contribution >= 4 is 11.8 Å². The highest BCUT2D eigenvalue weighted by molar-refractivity contribution is 5.85. The van der Waals surface area contributed by atoms with Gasteiger partial charge in [0.05, 0.1) is 12.2 Å². The van der Waals surface area contributed by atoms with Gasteiger partial charge in [-0.3, -0.25) is 9.59 Å². The highest BCUT2D eigenvalue weighted by Crippen LogP contribution is 2.34. The number of ketones is 1. The highest BCUT2D eigenvalue weighted by Gasteiger charge is 2.39.